The van der Waals surface area contributed by atoms with Gasteiger partial charge in [0.2, 0.25) is 0 Å². The molecule has 0 aromatic heterocycles. The number of unbranched alkanes of at least 4 members (excludes halogenated alkanes) is 12. The van der Waals surface area contributed by atoms with Crippen LogP contribution in [0.15, 0.2) is 0 Å². The molecule has 0 spiro atoms. The second kappa shape index (κ2) is 23.9. The zero-order valence-corrected chi connectivity index (χ0v) is 17.9. The third-order valence-corrected chi connectivity index (χ3v) is 4.37. The molecule has 7 nitrogen and oxygen atoms in total. The summed E-state index contributed by atoms with van der Waals surface area (Å²) in [5, 5.41) is 16.7. The van der Waals surface area contributed by atoms with E-state index in [9.17, 15) is 9.59 Å². The maximum atomic E-state index is 10.3. The van der Waals surface area contributed by atoms with Crippen LogP contribution in [-0.2, 0) is 14.3 Å². The molecule has 0 radical (unpaired) electrons. The Labute approximate surface area is 171 Å². The Balaban J connectivity index is 0. The summed E-state index contributed by atoms with van der Waals surface area (Å²) in [6, 6.07) is -0.938. The number of carbonyl (C=O) groups is 2. The number of hydrogen-bond acceptors (Lipinski definition) is 5. The van der Waals surface area contributed by atoms with Crippen molar-refractivity contribution in [1.82, 2.24) is 0 Å². The Kier molecular flexibility index (Phi) is 24.7. The lowest BCUT2D eigenvalue weighted by Crippen LogP contribution is -2.35. The van der Waals surface area contributed by atoms with E-state index in [0.29, 0.717) is 19.6 Å². The molecule has 1 atom stereocenters. The van der Waals surface area contributed by atoms with Crippen LogP contribution < -0.4 is 11.5 Å². The largest absolute Gasteiger partial charge is 0.481 e. The Bertz CT molecular complexity index is 354. The van der Waals surface area contributed by atoms with Gasteiger partial charge in [0.1, 0.15) is 6.04 Å². The summed E-state index contributed by atoms with van der Waals surface area (Å²) in [6.07, 6.45) is 17.3. The fraction of sp³-hybridized carbons (Fsp3) is 0.905. The zero-order valence-electron chi connectivity index (χ0n) is 17.9. The first-order valence-corrected chi connectivity index (χ1v) is 10.9. The summed E-state index contributed by atoms with van der Waals surface area (Å²) in [5.41, 5.74) is 10.2. The van der Waals surface area contributed by atoms with E-state index in [-0.39, 0.29) is 6.61 Å². The van der Waals surface area contributed by atoms with Crippen LogP contribution in [-0.4, -0.2) is 48.0 Å². The van der Waals surface area contributed by atoms with Gasteiger partial charge in [-0.15, -0.1) is 0 Å². The van der Waals surface area contributed by atoms with Gasteiger partial charge in [-0.1, -0.05) is 84.0 Å². The Morgan fingerprint density at radius 2 is 1.25 bits per heavy atom. The highest BCUT2D eigenvalue weighted by molar-refractivity contribution is 5.73. The number of aliphatic carboxylic acids is 2. The van der Waals surface area contributed by atoms with Crippen molar-refractivity contribution in [2.24, 2.45) is 11.5 Å². The molecule has 0 aliphatic rings. The van der Waals surface area contributed by atoms with Crippen LogP contribution in [0.25, 0.3) is 0 Å². The minimum Gasteiger partial charge on any atom is -0.481 e. The molecule has 0 aromatic rings. The summed E-state index contributed by atoms with van der Waals surface area (Å²) in [5.74, 6) is -1.71. The van der Waals surface area contributed by atoms with E-state index in [1.165, 1.54) is 70.6 Å². The van der Waals surface area contributed by atoms with Gasteiger partial charge in [-0.3, -0.25) is 9.59 Å². The smallest absolute Gasteiger partial charge is 0.322 e. The summed E-state index contributed by atoms with van der Waals surface area (Å²) >= 11 is 0. The van der Waals surface area contributed by atoms with Crippen molar-refractivity contribution in [2.45, 2.75) is 103 Å². The van der Waals surface area contributed by atoms with Crippen molar-refractivity contribution in [1.29, 1.82) is 0 Å². The van der Waals surface area contributed by atoms with Crippen molar-refractivity contribution >= 4 is 11.9 Å². The standard InChI is InChI=1S/C16H32O2.C5H12N2O3/c1-2-3-4-5-6-7-8-9-10-11-12-13-14-15-16(17)18;6-1-2-10-3-4(7)5(8)9/h2-15H2,1H3,(H,17,18);4H,1-3,6-7H2,(H,8,9)/t;4-/m.0/s1. The van der Waals surface area contributed by atoms with Crippen LogP contribution in [0, 0.1) is 0 Å². The van der Waals surface area contributed by atoms with Crippen molar-refractivity contribution in [2.75, 3.05) is 19.8 Å². The second-order valence-electron chi connectivity index (χ2n) is 7.19. The van der Waals surface area contributed by atoms with Gasteiger partial charge >= 0.3 is 11.9 Å². The number of carboxylic acid groups (broad SMARTS) is 2. The molecular formula is C21H44N2O5. The molecule has 0 rings (SSSR count). The highest BCUT2D eigenvalue weighted by atomic mass is 16.5. The third kappa shape index (κ3) is 27.0. The molecule has 0 fully saturated rings. The molecule has 0 amide bonds. The molecule has 0 unspecified atom stereocenters. The summed E-state index contributed by atoms with van der Waals surface area (Å²) < 4.78 is 4.78. The zero-order chi connectivity index (χ0) is 21.5. The Morgan fingerprint density at radius 1 is 0.821 bits per heavy atom. The van der Waals surface area contributed by atoms with Crippen LogP contribution in [0.4, 0.5) is 0 Å². The van der Waals surface area contributed by atoms with Gasteiger partial charge < -0.3 is 26.4 Å². The van der Waals surface area contributed by atoms with Crippen LogP contribution in [0.3, 0.4) is 0 Å². The van der Waals surface area contributed by atoms with E-state index >= 15 is 0 Å². The SMILES string of the molecule is CCCCCCCCCCCCCCCC(=O)O.NCCOC[C@H](N)C(=O)O. The van der Waals surface area contributed by atoms with Crippen LogP contribution in [0.2, 0.25) is 0 Å². The fourth-order valence-electron chi connectivity index (χ4n) is 2.66. The normalized spacial score (nSPS) is 11.5. The molecule has 0 aliphatic heterocycles. The average molecular weight is 405 g/mol. The molecule has 168 valence electrons. The van der Waals surface area contributed by atoms with Crippen LogP contribution in [0.5, 0.6) is 0 Å². The van der Waals surface area contributed by atoms with E-state index in [0.717, 1.165) is 12.8 Å². The minimum absolute atomic E-state index is 0.0204. The number of ether oxygens (including phenoxy) is 1. The minimum atomic E-state index is -1.06. The van der Waals surface area contributed by atoms with Gasteiger partial charge in [-0.05, 0) is 6.42 Å². The number of hydrogen-bond donors (Lipinski definition) is 4. The Morgan fingerprint density at radius 3 is 1.61 bits per heavy atom. The summed E-state index contributed by atoms with van der Waals surface area (Å²) in [4.78, 5) is 20.4. The predicted octanol–water partition coefficient (Wildman–Crippen LogP) is 3.93. The van der Waals surface area contributed by atoms with E-state index in [1.54, 1.807) is 0 Å². The van der Waals surface area contributed by atoms with Crippen molar-refractivity contribution in [3.05, 3.63) is 0 Å². The number of rotatable bonds is 19. The average Bonchev–Trinajstić information content (AvgIpc) is 2.66. The molecule has 0 bridgehead atoms. The number of nitrogens with two attached hydrogens (primary N) is 2. The van der Waals surface area contributed by atoms with E-state index < -0.39 is 18.0 Å². The first-order valence-electron chi connectivity index (χ1n) is 10.9. The fourth-order valence-corrected chi connectivity index (χ4v) is 2.66. The highest BCUT2D eigenvalue weighted by Crippen LogP contribution is 2.12. The molecule has 0 saturated carbocycles. The van der Waals surface area contributed by atoms with Crippen LogP contribution in [0.1, 0.15) is 96.8 Å². The molecule has 0 aliphatic carbocycles. The van der Waals surface area contributed by atoms with Gasteiger partial charge in [0.25, 0.3) is 0 Å². The van der Waals surface area contributed by atoms with Crippen LogP contribution >= 0.6 is 0 Å². The van der Waals surface area contributed by atoms with Crippen molar-refractivity contribution in [3.8, 4) is 0 Å². The predicted molar refractivity (Wildman–Crippen MR) is 113 cm³/mol. The lowest BCUT2D eigenvalue weighted by Gasteiger charge is -2.05. The van der Waals surface area contributed by atoms with Gasteiger partial charge in [0, 0.05) is 13.0 Å². The van der Waals surface area contributed by atoms with E-state index in [4.69, 9.17) is 26.4 Å². The van der Waals surface area contributed by atoms with Gasteiger partial charge in [0.05, 0.1) is 13.2 Å². The van der Waals surface area contributed by atoms with Gasteiger partial charge in [0.15, 0.2) is 0 Å². The second-order valence-corrected chi connectivity index (χ2v) is 7.19. The Hall–Kier alpha value is -1.18. The van der Waals surface area contributed by atoms with Crippen molar-refractivity contribution in [3.63, 3.8) is 0 Å². The third-order valence-electron chi connectivity index (χ3n) is 4.37. The molecule has 0 heterocycles. The lowest BCUT2D eigenvalue weighted by molar-refractivity contribution is -0.140. The maximum Gasteiger partial charge on any atom is 0.322 e. The quantitative estimate of drug-likeness (QED) is 0.239. The first kappa shape index (κ1) is 29.0. The van der Waals surface area contributed by atoms with E-state index in [2.05, 4.69) is 6.92 Å². The maximum absolute atomic E-state index is 10.3. The molecular weight excluding hydrogens is 360 g/mol. The summed E-state index contributed by atoms with van der Waals surface area (Å²) in [7, 11) is 0. The molecule has 0 saturated heterocycles. The topological polar surface area (TPSA) is 136 Å². The highest BCUT2D eigenvalue weighted by Gasteiger charge is 2.09. The van der Waals surface area contributed by atoms with Crippen molar-refractivity contribution < 1.29 is 24.5 Å². The molecule has 0 aromatic carbocycles. The summed E-state index contributed by atoms with van der Waals surface area (Å²) in [6.45, 7) is 3.01. The molecule has 6 N–H and O–H groups in total. The first-order chi connectivity index (χ1) is 13.5. The lowest BCUT2D eigenvalue weighted by atomic mass is 10.0. The molecule has 28 heavy (non-hydrogen) atoms. The van der Waals surface area contributed by atoms with Gasteiger partial charge in [-0.2, -0.15) is 0 Å². The molecule has 7 heteroatoms. The monoisotopic (exact) mass is 404 g/mol. The number of carboxylic acids is 2. The van der Waals surface area contributed by atoms with E-state index in [1.807, 2.05) is 0 Å². The van der Waals surface area contributed by atoms with Gasteiger partial charge in [-0.25, -0.2) is 0 Å².